The first-order valence-corrected chi connectivity index (χ1v) is 11.9. The summed E-state index contributed by atoms with van der Waals surface area (Å²) in [4.78, 5) is 13.8. The molecule has 3 nitrogen and oxygen atoms in total. The van der Waals surface area contributed by atoms with Gasteiger partial charge in [-0.05, 0) is 62.3 Å². The summed E-state index contributed by atoms with van der Waals surface area (Å²) in [5.41, 5.74) is 5.41. The number of fused-ring (bicyclic) bond motifs is 1. The summed E-state index contributed by atoms with van der Waals surface area (Å²) >= 11 is 3.45. The molecule has 0 radical (unpaired) electrons. The van der Waals surface area contributed by atoms with Crippen LogP contribution in [0.1, 0.15) is 45.7 Å². The first kappa shape index (κ1) is 21.5. The van der Waals surface area contributed by atoms with Gasteiger partial charge in [-0.1, -0.05) is 91.0 Å². The van der Waals surface area contributed by atoms with Crippen LogP contribution in [0.25, 0.3) is 0 Å². The van der Waals surface area contributed by atoms with E-state index in [0.717, 1.165) is 28.7 Å². The lowest BCUT2D eigenvalue weighted by molar-refractivity contribution is -0.122. The van der Waals surface area contributed by atoms with Crippen molar-refractivity contribution < 1.29 is 9.90 Å². The Hall–Kier alpha value is -3.37. The van der Waals surface area contributed by atoms with E-state index in [1.165, 1.54) is 5.56 Å². The molecule has 1 aliphatic rings. The number of benzene rings is 4. The molecule has 0 bridgehead atoms. The topological polar surface area (TPSA) is 49.3 Å². The molecule has 4 aromatic rings. The largest absolute Gasteiger partial charge is 0.507 e. The second kappa shape index (κ2) is 9.24. The lowest BCUT2D eigenvalue weighted by Gasteiger charge is -2.26. The highest BCUT2D eigenvalue weighted by atomic mass is 79.9. The molecule has 33 heavy (non-hydrogen) atoms. The Balaban J connectivity index is 1.52. The van der Waals surface area contributed by atoms with Gasteiger partial charge in [0.2, 0.25) is 5.91 Å². The van der Waals surface area contributed by atoms with Crippen molar-refractivity contribution >= 4 is 21.8 Å². The van der Waals surface area contributed by atoms with Crippen molar-refractivity contribution in [1.29, 1.82) is 0 Å². The van der Waals surface area contributed by atoms with Gasteiger partial charge in [-0.3, -0.25) is 4.79 Å². The molecule has 0 unspecified atom stereocenters. The van der Waals surface area contributed by atoms with E-state index < -0.39 is 5.92 Å². The summed E-state index contributed by atoms with van der Waals surface area (Å²) in [5.74, 6) is -0.122. The van der Waals surface area contributed by atoms with Crippen LogP contribution in [0.2, 0.25) is 0 Å². The highest BCUT2D eigenvalue weighted by molar-refractivity contribution is 9.10. The molecular weight excluding hydrogens is 474 g/mol. The Labute approximate surface area is 202 Å². The smallest absolute Gasteiger partial charge is 0.232 e. The van der Waals surface area contributed by atoms with Crippen LogP contribution >= 0.6 is 15.9 Å². The van der Waals surface area contributed by atoms with E-state index in [4.69, 9.17) is 0 Å². The van der Waals surface area contributed by atoms with Crippen molar-refractivity contribution in [3.63, 3.8) is 0 Å². The second-order valence-electron chi connectivity index (χ2n) is 8.46. The lowest BCUT2D eigenvalue weighted by atomic mass is 9.88. The number of hydrogen-bond acceptors (Lipinski definition) is 2. The van der Waals surface area contributed by atoms with Crippen molar-refractivity contribution in [2.45, 2.75) is 24.3 Å². The summed E-state index contributed by atoms with van der Waals surface area (Å²) in [6, 6.07) is 33.6. The second-order valence-corrected chi connectivity index (χ2v) is 9.32. The number of halogens is 1. The minimum absolute atomic E-state index is 0.0167. The Morgan fingerprint density at radius 2 is 1.45 bits per heavy atom. The maximum Gasteiger partial charge on any atom is 0.232 e. The summed E-state index contributed by atoms with van der Waals surface area (Å²) < 4.78 is 0.660. The van der Waals surface area contributed by atoms with E-state index in [0.29, 0.717) is 4.47 Å². The molecule has 4 heteroatoms. The fraction of sp³-hybridized carbons (Fsp3) is 0.138. The molecule has 1 amide bonds. The van der Waals surface area contributed by atoms with Gasteiger partial charge in [0.1, 0.15) is 5.75 Å². The summed E-state index contributed by atoms with van der Waals surface area (Å²) in [6.07, 6.45) is 0.833. The van der Waals surface area contributed by atoms with Gasteiger partial charge in [-0.15, -0.1) is 0 Å². The van der Waals surface area contributed by atoms with E-state index in [1.54, 1.807) is 6.07 Å². The average molecular weight is 498 g/mol. The summed E-state index contributed by atoms with van der Waals surface area (Å²) in [6.45, 7) is 0. The molecule has 2 atom stereocenters. The zero-order valence-electron chi connectivity index (χ0n) is 18.0. The van der Waals surface area contributed by atoms with Crippen molar-refractivity contribution in [1.82, 2.24) is 5.32 Å². The number of phenols is 1. The van der Waals surface area contributed by atoms with Gasteiger partial charge in [0, 0.05) is 5.92 Å². The van der Waals surface area contributed by atoms with Crippen molar-refractivity contribution in [3.8, 4) is 5.75 Å². The maximum absolute atomic E-state index is 13.8. The van der Waals surface area contributed by atoms with E-state index in [2.05, 4.69) is 33.4 Å². The van der Waals surface area contributed by atoms with Gasteiger partial charge in [-0.25, -0.2) is 0 Å². The third kappa shape index (κ3) is 4.31. The monoisotopic (exact) mass is 497 g/mol. The number of phenolic OH excluding ortho intramolecular Hbond substituents is 1. The predicted octanol–water partition coefficient (Wildman–Crippen LogP) is 6.48. The quantitative estimate of drug-likeness (QED) is 0.331. The fourth-order valence-electron chi connectivity index (χ4n) is 4.86. The third-order valence-corrected chi connectivity index (χ3v) is 7.09. The van der Waals surface area contributed by atoms with E-state index in [9.17, 15) is 9.90 Å². The molecule has 164 valence electrons. The summed E-state index contributed by atoms with van der Waals surface area (Å²) in [7, 11) is 0. The number of carbonyl (C=O) groups excluding carboxylic acids is 1. The average Bonchev–Trinajstić information content (AvgIpc) is 3.21. The van der Waals surface area contributed by atoms with E-state index in [1.807, 2.05) is 84.9 Å². The highest BCUT2D eigenvalue weighted by Crippen LogP contribution is 2.44. The van der Waals surface area contributed by atoms with E-state index >= 15 is 0 Å². The lowest BCUT2D eigenvalue weighted by Crippen LogP contribution is -2.35. The number of carbonyl (C=O) groups is 1. The van der Waals surface area contributed by atoms with Crippen molar-refractivity contribution in [2.75, 3.05) is 0 Å². The molecular formula is C29H24BrNO2. The zero-order chi connectivity index (χ0) is 22.8. The zero-order valence-corrected chi connectivity index (χ0v) is 19.6. The molecule has 2 N–H and O–H groups in total. The fourth-order valence-corrected chi connectivity index (χ4v) is 5.26. The minimum Gasteiger partial charge on any atom is -0.507 e. The van der Waals surface area contributed by atoms with Crippen LogP contribution < -0.4 is 5.32 Å². The van der Waals surface area contributed by atoms with Crippen LogP contribution in [0.4, 0.5) is 0 Å². The molecule has 0 saturated heterocycles. The van der Waals surface area contributed by atoms with Crippen LogP contribution in [0.15, 0.2) is 108 Å². The third-order valence-electron chi connectivity index (χ3n) is 6.46. The first-order chi connectivity index (χ1) is 16.1. The van der Waals surface area contributed by atoms with Crippen LogP contribution in [0.3, 0.4) is 0 Å². The molecule has 0 aliphatic heterocycles. The van der Waals surface area contributed by atoms with Gasteiger partial charge in [0.25, 0.3) is 0 Å². The highest BCUT2D eigenvalue weighted by Gasteiger charge is 2.36. The molecule has 0 aromatic heterocycles. The normalized spacial score (nSPS) is 17.0. The van der Waals surface area contributed by atoms with Crippen molar-refractivity contribution in [3.05, 3.63) is 135 Å². The molecule has 0 saturated carbocycles. The maximum atomic E-state index is 13.8. The molecule has 0 fully saturated rings. The summed E-state index contributed by atoms with van der Waals surface area (Å²) in [5, 5.41) is 13.4. The Morgan fingerprint density at radius 1 is 0.848 bits per heavy atom. The van der Waals surface area contributed by atoms with Gasteiger partial charge < -0.3 is 10.4 Å². The minimum atomic E-state index is -0.396. The number of rotatable bonds is 5. The number of aromatic hydroxyl groups is 1. The Bertz CT molecular complexity index is 1230. The van der Waals surface area contributed by atoms with E-state index in [-0.39, 0.29) is 23.6 Å². The number of amides is 1. The molecule has 0 spiro atoms. The number of hydrogen-bond donors (Lipinski definition) is 2. The van der Waals surface area contributed by atoms with Gasteiger partial charge in [0.15, 0.2) is 0 Å². The van der Waals surface area contributed by atoms with Gasteiger partial charge in [0.05, 0.1) is 16.4 Å². The molecule has 5 rings (SSSR count). The standard InChI is InChI=1S/C29H24BrNO2/c30-25-18-22(15-16-26(25)32)24-17-21-13-7-8-14-23(21)28(24)31-29(33)27(19-9-3-1-4-10-19)20-11-5-2-6-12-20/h1-16,18,24,27-28,32H,17H2,(H,31,33)/t24-,28-/m1/s1. The Morgan fingerprint density at radius 3 is 2.09 bits per heavy atom. The van der Waals surface area contributed by atoms with Crippen LogP contribution in [0.5, 0.6) is 5.75 Å². The predicted molar refractivity (Wildman–Crippen MR) is 134 cm³/mol. The van der Waals surface area contributed by atoms with Gasteiger partial charge in [-0.2, -0.15) is 0 Å². The Kier molecular flexibility index (Phi) is 6.01. The van der Waals surface area contributed by atoms with Crippen LogP contribution in [-0.2, 0) is 11.2 Å². The van der Waals surface area contributed by atoms with Crippen LogP contribution in [0, 0.1) is 0 Å². The number of nitrogens with one attached hydrogen (secondary N) is 1. The van der Waals surface area contributed by atoms with Crippen LogP contribution in [-0.4, -0.2) is 11.0 Å². The van der Waals surface area contributed by atoms with Crippen molar-refractivity contribution in [2.24, 2.45) is 0 Å². The SMILES string of the molecule is O=C(N[C@@H]1c2ccccc2C[C@@H]1c1ccc(O)c(Br)c1)C(c1ccccc1)c1ccccc1. The molecule has 4 aromatic carbocycles. The molecule has 0 heterocycles. The first-order valence-electron chi connectivity index (χ1n) is 11.1. The van der Waals surface area contributed by atoms with Gasteiger partial charge >= 0.3 is 0 Å². The molecule has 1 aliphatic carbocycles.